The van der Waals surface area contributed by atoms with Crippen molar-refractivity contribution >= 4 is 37.8 Å². The summed E-state index contributed by atoms with van der Waals surface area (Å²) in [6, 6.07) is 9.83. The lowest BCUT2D eigenvalue weighted by Crippen LogP contribution is -2.22. The molecule has 1 rings (SSSR count). The number of rotatable bonds is 7. The van der Waals surface area contributed by atoms with Crippen LogP contribution in [0.1, 0.15) is 36.6 Å². The predicted octanol–water partition coefficient (Wildman–Crippen LogP) is 4.62. The van der Waals surface area contributed by atoms with Gasteiger partial charge in [0.2, 0.25) is 0 Å². The quantitative estimate of drug-likeness (QED) is 0.393. The van der Waals surface area contributed by atoms with Gasteiger partial charge in [-0.1, -0.05) is 82.0 Å². The van der Waals surface area contributed by atoms with Crippen molar-refractivity contribution in [3.63, 3.8) is 0 Å². The van der Waals surface area contributed by atoms with Crippen LogP contribution in [0.5, 0.6) is 0 Å². The highest BCUT2D eigenvalue weighted by Gasteiger charge is 2.26. The van der Waals surface area contributed by atoms with Crippen LogP contribution in [-0.4, -0.2) is 17.4 Å². The van der Waals surface area contributed by atoms with E-state index in [-0.39, 0.29) is 15.6 Å². The minimum absolute atomic E-state index is 0.0719. The van der Waals surface area contributed by atoms with Crippen LogP contribution in [0, 0.1) is 0 Å². The van der Waals surface area contributed by atoms with Gasteiger partial charge >= 0.3 is 5.97 Å². The van der Waals surface area contributed by atoms with Crippen LogP contribution in [0.15, 0.2) is 30.3 Å². The summed E-state index contributed by atoms with van der Waals surface area (Å²) in [6.07, 6.45) is 3.15. The van der Waals surface area contributed by atoms with Gasteiger partial charge in [-0.2, -0.15) is 0 Å². The number of hydrogen-bond donors (Lipinski definition) is 0. The van der Waals surface area contributed by atoms with Crippen LogP contribution in [0.3, 0.4) is 0 Å². The number of carbonyl (C=O) groups is 1. The Kier molecular flexibility index (Phi) is 7.59. The van der Waals surface area contributed by atoms with Gasteiger partial charge in [-0.15, -0.1) is 0 Å². The van der Waals surface area contributed by atoms with E-state index in [0.29, 0.717) is 6.61 Å². The fraction of sp³-hybridized carbons (Fsp3) is 0.500. The molecule has 2 atom stereocenters. The van der Waals surface area contributed by atoms with Gasteiger partial charge in [-0.05, 0) is 12.0 Å². The van der Waals surface area contributed by atoms with Crippen molar-refractivity contribution in [1.29, 1.82) is 0 Å². The van der Waals surface area contributed by atoms with Crippen molar-refractivity contribution < 1.29 is 9.53 Å². The maximum atomic E-state index is 11.8. The van der Waals surface area contributed by atoms with Crippen LogP contribution in [0.4, 0.5) is 0 Å². The standard InChI is InChI=1S/C14H18Br2O2/c1-2-3-7-10-18-14(17)13(16)12(15)11-8-5-4-6-9-11/h4-6,8-9,12-13H,2-3,7,10H2,1H3. The Labute approximate surface area is 125 Å². The maximum absolute atomic E-state index is 11.8. The Hall–Kier alpha value is -0.350. The molecule has 100 valence electrons. The number of ether oxygens (including phenoxy) is 1. The third-order valence-corrected chi connectivity index (χ3v) is 5.26. The van der Waals surface area contributed by atoms with E-state index in [1.165, 1.54) is 0 Å². The van der Waals surface area contributed by atoms with Crippen molar-refractivity contribution in [2.24, 2.45) is 0 Å². The van der Waals surface area contributed by atoms with Crippen molar-refractivity contribution in [3.8, 4) is 0 Å². The molecule has 0 saturated heterocycles. The SMILES string of the molecule is CCCCCOC(=O)C(Br)C(Br)c1ccccc1. The fourth-order valence-corrected chi connectivity index (χ4v) is 2.49. The van der Waals surface area contributed by atoms with Crippen LogP contribution in [0.2, 0.25) is 0 Å². The Bertz CT molecular complexity index is 354. The summed E-state index contributed by atoms with van der Waals surface area (Å²) in [5, 5.41) is 0. The molecule has 0 aromatic heterocycles. The van der Waals surface area contributed by atoms with Crippen molar-refractivity contribution in [3.05, 3.63) is 35.9 Å². The van der Waals surface area contributed by atoms with Gasteiger partial charge in [0.25, 0.3) is 0 Å². The fourth-order valence-electron chi connectivity index (χ4n) is 1.53. The van der Waals surface area contributed by atoms with E-state index >= 15 is 0 Å². The molecule has 0 radical (unpaired) electrons. The van der Waals surface area contributed by atoms with Crippen molar-refractivity contribution in [2.45, 2.75) is 35.8 Å². The van der Waals surface area contributed by atoms with Crippen LogP contribution in [0.25, 0.3) is 0 Å². The van der Waals surface area contributed by atoms with Crippen LogP contribution in [-0.2, 0) is 9.53 Å². The molecule has 0 fully saturated rings. The highest BCUT2D eigenvalue weighted by atomic mass is 79.9. The summed E-state index contributed by atoms with van der Waals surface area (Å²) in [5.41, 5.74) is 1.06. The summed E-state index contributed by atoms with van der Waals surface area (Å²) in [6.45, 7) is 2.63. The van der Waals surface area contributed by atoms with Gasteiger partial charge in [0.1, 0.15) is 4.83 Å². The predicted molar refractivity (Wildman–Crippen MR) is 81.3 cm³/mol. The maximum Gasteiger partial charge on any atom is 0.321 e. The van der Waals surface area contributed by atoms with Crippen LogP contribution < -0.4 is 0 Å². The molecule has 0 aliphatic heterocycles. The molecule has 0 bridgehead atoms. The highest BCUT2D eigenvalue weighted by molar-refractivity contribution is 9.12. The summed E-state index contributed by atoms with van der Waals surface area (Å²) < 4.78 is 5.23. The summed E-state index contributed by atoms with van der Waals surface area (Å²) >= 11 is 6.92. The number of hydrogen-bond acceptors (Lipinski definition) is 2. The first kappa shape index (κ1) is 15.7. The van der Waals surface area contributed by atoms with E-state index < -0.39 is 0 Å². The van der Waals surface area contributed by atoms with Gasteiger partial charge in [0.05, 0.1) is 11.4 Å². The third-order valence-electron chi connectivity index (χ3n) is 2.59. The molecular weight excluding hydrogens is 360 g/mol. The summed E-state index contributed by atoms with van der Waals surface area (Å²) in [4.78, 5) is 11.4. The topological polar surface area (TPSA) is 26.3 Å². The zero-order chi connectivity index (χ0) is 13.4. The molecule has 0 N–H and O–H groups in total. The highest BCUT2D eigenvalue weighted by Crippen LogP contribution is 2.31. The Morgan fingerprint density at radius 2 is 1.89 bits per heavy atom. The average Bonchev–Trinajstić information content (AvgIpc) is 2.42. The van der Waals surface area contributed by atoms with Crippen molar-refractivity contribution in [2.75, 3.05) is 6.61 Å². The van der Waals surface area contributed by atoms with Gasteiger partial charge < -0.3 is 4.74 Å². The molecular formula is C14H18Br2O2. The van der Waals surface area contributed by atoms with E-state index in [9.17, 15) is 4.79 Å². The van der Waals surface area contributed by atoms with E-state index in [2.05, 4.69) is 38.8 Å². The van der Waals surface area contributed by atoms with Gasteiger partial charge in [0, 0.05) is 0 Å². The van der Waals surface area contributed by atoms with E-state index in [1.54, 1.807) is 0 Å². The number of esters is 1. The molecule has 1 aromatic carbocycles. The number of alkyl halides is 2. The van der Waals surface area contributed by atoms with E-state index in [1.807, 2.05) is 30.3 Å². The molecule has 0 aliphatic carbocycles. The zero-order valence-electron chi connectivity index (χ0n) is 10.4. The minimum Gasteiger partial charge on any atom is -0.465 e. The molecule has 0 aliphatic rings. The monoisotopic (exact) mass is 376 g/mol. The van der Waals surface area contributed by atoms with Gasteiger partial charge in [-0.3, -0.25) is 4.79 Å². The largest absolute Gasteiger partial charge is 0.465 e. The molecule has 2 nitrogen and oxygen atoms in total. The first-order valence-electron chi connectivity index (χ1n) is 6.16. The van der Waals surface area contributed by atoms with E-state index in [4.69, 9.17) is 4.74 Å². The number of carbonyl (C=O) groups excluding carboxylic acids is 1. The Morgan fingerprint density at radius 3 is 2.50 bits per heavy atom. The molecule has 0 saturated carbocycles. The summed E-state index contributed by atoms with van der Waals surface area (Å²) in [5.74, 6) is -0.211. The molecule has 4 heteroatoms. The summed E-state index contributed by atoms with van der Waals surface area (Å²) in [7, 11) is 0. The first-order valence-corrected chi connectivity index (χ1v) is 7.99. The molecule has 18 heavy (non-hydrogen) atoms. The lowest BCUT2D eigenvalue weighted by Gasteiger charge is -2.16. The number of benzene rings is 1. The molecule has 0 amide bonds. The second-order valence-corrected chi connectivity index (χ2v) is 6.06. The van der Waals surface area contributed by atoms with Gasteiger partial charge in [0.15, 0.2) is 0 Å². The normalized spacial score (nSPS) is 13.9. The van der Waals surface area contributed by atoms with Gasteiger partial charge in [-0.25, -0.2) is 0 Å². The second-order valence-electron chi connectivity index (χ2n) is 4.09. The first-order chi connectivity index (χ1) is 8.66. The molecule has 2 unspecified atom stereocenters. The second kappa shape index (κ2) is 8.70. The van der Waals surface area contributed by atoms with Crippen molar-refractivity contribution in [1.82, 2.24) is 0 Å². The third kappa shape index (κ3) is 5.11. The number of halogens is 2. The molecule has 0 spiro atoms. The lowest BCUT2D eigenvalue weighted by atomic mass is 10.1. The van der Waals surface area contributed by atoms with Crippen LogP contribution >= 0.6 is 31.9 Å². The average molecular weight is 378 g/mol. The Morgan fingerprint density at radius 1 is 1.22 bits per heavy atom. The molecule has 0 heterocycles. The number of unbranched alkanes of at least 4 members (excludes halogenated alkanes) is 2. The zero-order valence-corrected chi connectivity index (χ0v) is 13.6. The lowest BCUT2D eigenvalue weighted by molar-refractivity contribution is -0.142. The Balaban J connectivity index is 2.43. The van der Waals surface area contributed by atoms with E-state index in [0.717, 1.165) is 24.8 Å². The molecule has 1 aromatic rings. The minimum atomic E-state index is -0.360. The smallest absolute Gasteiger partial charge is 0.321 e.